The molecule has 1 aromatic carbocycles. The monoisotopic (exact) mass is 458 g/mol. The molecule has 164 valence electrons. The fraction of sp³-hybridized carbons (Fsp3) is 0.429. The van der Waals surface area contributed by atoms with E-state index in [0.717, 1.165) is 42.0 Å². The van der Waals surface area contributed by atoms with E-state index in [1.807, 2.05) is 35.7 Å². The van der Waals surface area contributed by atoms with Gasteiger partial charge in [-0.05, 0) is 5.92 Å². The summed E-state index contributed by atoms with van der Waals surface area (Å²) in [6.07, 6.45) is 0. The Morgan fingerprint density at radius 2 is 2.00 bits per heavy atom. The molecule has 0 atom stereocenters. The first-order valence-corrected chi connectivity index (χ1v) is 12.2. The topological polar surface area (TPSA) is 85.2 Å². The number of benzene rings is 1. The summed E-state index contributed by atoms with van der Waals surface area (Å²) in [5.41, 5.74) is 1.89. The van der Waals surface area contributed by atoms with Gasteiger partial charge in [0.05, 0.1) is 24.7 Å². The minimum atomic E-state index is -0.106. The molecule has 10 heteroatoms. The Kier molecular flexibility index (Phi) is 7.21. The van der Waals surface area contributed by atoms with Crippen LogP contribution in [0.1, 0.15) is 13.8 Å². The van der Waals surface area contributed by atoms with Crippen molar-refractivity contribution in [3.8, 4) is 11.3 Å². The normalized spacial score (nSPS) is 14.2. The number of hydrogen-bond acceptors (Lipinski definition) is 8. The van der Waals surface area contributed by atoms with Crippen LogP contribution < -0.4 is 10.2 Å². The minimum absolute atomic E-state index is 0.106. The van der Waals surface area contributed by atoms with Crippen molar-refractivity contribution in [1.29, 1.82) is 0 Å². The lowest BCUT2D eigenvalue weighted by Gasteiger charge is -2.28. The van der Waals surface area contributed by atoms with Gasteiger partial charge < -0.3 is 15.0 Å². The van der Waals surface area contributed by atoms with Crippen molar-refractivity contribution in [2.45, 2.75) is 25.5 Å². The highest BCUT2D eigenvalue weighted by Gasteiger charge is 2.22. The summed E-state index contributed by atoms with van der Waals surface area (Å²) in [7, 11) is 0. The fourth-order valence-electron chi connectivity index (χ4n) is 3.27. The number of rotatable bonds is 8. The summed E-state index contributed by atoms with van der Waals surface area (Å²) >= 11 is 2.83. The molecule has 0 aliphatic carbocycles. The number of morpholine rings is 1. The maximum absolute atomic E-state index is 12.5. The van der Waals surface area contributed by atoms with E-state index < -0.39 is 0 Å². The van der Waals surface area contributed by atoms with Crippen molar-refractivity contribution in [2.24, 2.45) is 5.92 Å². The molecular formula is C21H26N6O2S2. The molecule has 1 fully saturated rings. The Labute approximate surface area is 190 Å². The second kappa shape index (κ2) is 10.3. The number of thioether (sulfide) groups is 1. The molecule has 0 unspecified atom stereocenters. The average Bonchev–Trinajstić information content (AvgIpc) is 3.40. The first-order chi connectivity index (χ1) is 15.1. The van der Waals surface area contributed by atoms with Gasteiger partial charge in [-0.15, -0.1) is 21.5 Å². The summed E-state index contributed by atoms with van der Waals surface area (Å²) in [6.45, 7) is 8.12. The molecular weight excluding hydrogens is 432 g/mol. The van der Waals surface area contributed by atoms with E-state index in [0.29, 0.717) is 24.3 Å². The van der Waals surface area contributed by atoms with Crippen LogP contribution in [0.15, 0.2) is 40.9 Å². The molecule has 1 aliphatic heterocycles. The molecule has 1 aliphatic rings. The van der Waals surface area contributed by atoms with Crippen molar-refractivity contribution in [2.75, 3.05) is 42.3 Å². The summed E-state index contributed by atoms with van der Waals surface area (Å²) in [5, 5.41) is 15.0. The molecule has 0 spiro atoms. The van der Waals surface area contributed by atoms with E-state index in [2.05, 4.69) is 43.8 Å². The zero-order chi connectivity index (χ0) is 21.6. The van der Waals surface area contributed by atoms with Crippen molar-refractivity contribution >= 4 is 40.1 Å². The summed E-state index contributed by atoms with van der Waals surface area (Å²) < 4.78 is 7.57. The number of nitrogens with zero attached hydrogens (tertiary/aromatic N) is 5. The Morgan fingerprint density at radius 3 is 2.74 bits per heavy atom. The van der Waals surface area contributed by atoms with Crippen molar-refractivity contribution in [3.05, 3.63) is 35.7 Å². The Hall–Kier alpha value is -2.43. The number of amides is 1. The lowest BCUT2D eigenvalue weighted by Crippen LogP contribution is -2.38. The van der Waals surface area contributed by atoms with Gasteiger partial charge in [-0.1, -0.05) is 55.9 Å². The van der Waals surface area contributed by atoms with Gasteiger partial charge in [0, 0.05) is 30.6 Å². The van der Waals surface area contributed by atoms with Gasteiger partial charge in [-0.2, -0.15) is 0 Å². The number of hydrogen-bond donors (Lipinski definition) is 1. The maximum Gasteiger partial charge on any atom is 0.236 e. The molecule has 3 heterocycles. The van der Waals surface area contributed by atoms with Gasteiger partial charge in [-0.25, -0.2) is 4.98 Å². The van der Waals surface area contributed by atoms with Gasteiger partial charge in [-0.3, -0.25) is 9.36 Å². The maximum atomic E-state index is 12.5. The fourth-order valence-corrected chi connectivity index (χ4v) is 4.75. The molecule has 31 heavy (non-hydrogen) atoms. The van der Waals surface area contributed by atoms with Crippen LogP contribution in [0.25, 0.3) is 11.3 Å². The molecule has 1 amide bonds. The lowest BCUT2D eigenvalue weighted by atomic mass is 10.2. The lowest BCUT2D eigenvalue weighted by molar-refractivity contribution is -0.113. The third-order valence-corrected chi connectivity index (χ3v) is 6.42. The Morgan fingerprint density at radius 1 is 1.23 bits per heavy atom. The number of ether oxygens (including phenoxy) is 1. The van der Waals surface area contributed by atoms with E-state index in [1.54, 1.807) is 0 Å². The molecule has 0 saturated carbocycles. The highest BCUT2D eigenvalue weighted by atomic mass is 32.2. The van der Waals surface area contributed by atoms with Gasteiger partial charge in [0.15, 0.2) is 10.3 Å². The van der Waals surface area contributed by atoms with E-state index >= 15 is 0 Å². The Bertz CT molecular complexity index is 998. The van der Waals surface area contributed by atoms with Crippen LogP contribution in [0.4, 0.5) is 11.1 Å². The number of nitrogens with one attached hydrogen (secondary N) is 1. The highest BCUT2D eigenvalue weighted by molar-refractivity contribution is 7.99. The zero-order valence-corrected chi connectivity index (χ0v) is 19.3. The third kappa shape index (κ3) is 5.63. The van der Waals surface area contributed by atoms with Gasteiger partial charge in [0.25, 0.3) is 0 Å². The third-order valence-electron chi connectivity index (χ3n) is 4.69. The zero-order valence-electron chi connectivity index (χ0n) is 17.7. The second-order valence-electron chi connectivity index (χ2n) is 7.63. The molecule has 8 nitrogen and oxygen atoms in total. The van der Waals surface area contributed by atoms with Gasteiger partial charge in [0.2, 0.25) is 11.9 Å². The van der Waals surface area contributed by atoms with E-state index in [1.165, 1.54) is 23.1 Å². The molecule has 0 radical (unpaired) electrons. The molecule has 1 saturated heterocycles. The summed E-state index contributed by atoms with van der Waals surface area (Å²) in [6, 6.07) is 9.93. The Balaban J connectivity index is 1.39. The van der Waals surface area contributed by atoms with Crippen LogP contribution in [0.3, 0.4) is 0 Å². The predicted molar refractivity (Wildman–Crippen MR) is 125 cm³/mol. The average molecular weight is 459 g/mol. The van der Waals surface area contributed by atoms with Gasteiger partial charge in [0.1, 0.15) is 0 Å². The predicted octanol–water partition coefficient (Wildman–Crippen LogP) is 3.63. The van der Waals surface area contributed by atoms with Crippen LogP contribution in [0.5, 0.6) is 0 Å². The first-order valence-electron chi connectivity index (χ1n) is 10.3. The summed E-state index contributed by atoms with van der Waals surface area (Å²) in [5.74, 6) is 1.44. The number of aromatic nitrogens is 4. The highest BCUT2D eigenvalue weighted by Crippen LogP contribution is 2.26. The standard InChI is InChI=1S/C21H26N6O2S2/c1-15(2)12-27-20(26-8-10-29-11-9-26)24-25-21(27)31-14-18(28)23-19-22-17(13-30-19)16-6-4-3-5-7-16/h3-7,13,15H,8-12,14H2,1-2H3,(H,22,23,28). The minimum Gasteiger partial charge on any atom is -0.378 e. The van der Waals surface area contributed by atoms with E-state index in [4.69, 9.17) is 4.74 Å². The molecule has 2 aromatic heterocycles. The number of thiazole rings is 1. The number of anilines is 2. The summed E-state index contributed by atoms with van der Waals surface area (Å²) in [4.78, 5) is 19.2. The number of carbonyl (C=O) groups excluding carboxylic acids is 1. The van der Waals surface area contributed by atoms with Gasteiger partial charge >= 0.3 is 0 Å². The van der Waals surface area contributed by atoms with E-state index in [9.17, 15) is 4.79 Å². The van der Waals surface area contributed by atoms with E-state index in [-0.39, 0.29) is 11.7 Å². The SMILES string of the molecule is CC(C)Cn1c(SCC(=O)Nc2nc(-c3ccccc3)cs2)nnc1N1CCOCC1. The molecule has 3 aromatic rings. The van der Waals surface area contributed by atoms with Crippen molar-refractivity contribution in [3.63, 3.8) is 0 Å². The molecule has 1 N–H and O–H groups in total. The quantitative estimate of drug-likeness (QED) is 0.516. The van der Waals surface area contributed by atoms with Crippen LogP contribution in [0.2, 0.25) is 0 Å². The van der Waals surface area contributed by atoms with Crippen LogP contribution >= 0.6 is 23.1 Å². The second-order valence-corrected chi connectivity index (χ2v) is 9.43. The smallest absolute Gasteiger partial charge is 0.236 e. The number of carbonyl (C=O) groups is 1. The molecule has 0 bridgehead atoms. The van der Waals surface area contributed by atoms with Crippen LogP contribution in [-0.4, -0.2) is 57.7 Å². The van der Waals surface area contributed by atoms with Crippen molar-refractivity contribution < 1.29 is 9.53 Å². The van der Waals surface area contributed by atoms with Crippen LogP contribution in [-0.2, 0) is 16.1 Å². The van der Waals surface area contributed by atoms with Crippen LogP contribution in [0, 0.1) is 5.92 Å². The molecule has 4 rings (SSSR count). The van der Waals surface area contributed by atoms with Crippen molar-refractivity contribution in [1.82, 2.24) is 19.7 Å². The largest absolute Gasteiger partial charge is 0.378 e. The first kappa shape index (κ1) is 21.8.